The number of methoxy groups -OCH3 is 1. The lowest BCUT2D eigenvalue weighted by molar-refractivity contribution is 0.377. The van der Waals surface area contributed by atoms with Crippen LogP contribution < -0.4 is 4.74 Å². The molecule has 1 aromatic heterocycles. The maximum Gasteiger partial charge on any atom is 0.316 e. The molecule has 11 heavy (non-hydrogen) atoms. The number of halogens is 1. The van der Waals surface area contributed by atoms with Gasteiger partial charge in [0.2, 0.25) is 0 Å². The minimum absolute atomic E-state index is 0.430. The summed E-state index contributed by atoms with van der Waals surface area (Å²) in [6, 6.07) is 2.34. The summed E-state index contributed by atoms with van der Waals surface area (Å²) in [5, 5.41) is 0.729. The topological polar surface area (TPSA) is 35.0 Å². The van der Waals surface area contributed by atoms with E-state index in [9.17, 15) is 0 Å². The Hall–Kier alpha value is -0.640. The Labute approximate surface area is 73.9 Å². The number of ether oxygens (including phenoxy) is 1. The minimum Gasteiger partial charge on any atom is -0.467 e. The van der Waals surface area contributed by atoms with Crippen LogP contribution in [0.1, 0.15) is 11.4 Å². The molecule has 0 aliphatic carbocycles. The highest BCUT2D eigenvalue weighted by molar-refractivity contribution is 9.08. The Morgan fingerprint density at radius 2 is 2.27 bits per heavy atom. The summed E-state index contributed by atoms with van der Waals surface area (Å²) in [6.45, 7) is 1.91. The average Bonchev–Trinajstić information content (AvgIpc) is 2.03. The molecule has 0 radical (unpaired) electrons. The summed E-state index contributed by atoms with van der Waals surface area (Å²) >= 11 is 3.31. The molecule has 0 N–H and O–H groups in total. The number of alkyl halides is 1. The fourth-order valence-electron chi connectivity index (χ4n) is 0.764. The van der Waals surface area contributed by atoms with Gasteiger partial charge in [-0.15, -0.1) is 0 Å². The second kappa shape index (κ2) is 3.67. The van der Waals surface area contributed by atoms with Gasteiger partial charge in [0.15, 0.2) is 0 Å². The van der Waals surface area contributed by atoms with Crippen molar-refractivity contribution in [2.45, 2.75) is 12.3 Å². The predicted molar refractivity (Wildman–Crippen MR) is 46.0 cm³/mol. The van der Waals surface area contributed by atoms with Gasteiger partial charge in [-0.3, -0.25) is 0 Å². The molecule has 0 aromatic carbocycles. The third-order valence-electron chi connectivity index (χ3n) is 1.21. The summed E-state index contributed by atoms with van der Waals surface area (Å²) in [6.07, 6.45) is 0. The molecule has 0 atom stereocenters. The number of hydrogen-bond acceptors (Lipinski definition) is 3. The number of aromatic nitrogens is 2. The third-order valence-corrected chi connectivity index (χ3v) is 1.78. The van der Waals surface area contributed by atoms with Gasteiger partial charge in [0, 0.05) is 11.0 Å². The molecule has 60 valence electrons. The molecule has 0 bridgehead atoms. The van der Waals surface area contributed by atoms with Gasteiger partial charge in [0.25, 0.3) is 0 Å². The fraction of sp³-hybridized carbons (Fsp3) is 0.429. The second-order valence-electron chi connectivity index (χ2n) is 2.12. The summed E-state index contributed by atoms with van der Waals surface area (Å²) in [5.74, 6) is 0. The van der Waals surface area contributed by atoms with Crippen molar-refractivity contribution in [3.63, 3.8) is 0 Å². The van der Waals surface area contributed by atoms with Crippen molar-refractivity contribution in [2.24, 2.45) is 0 Å². The van der Waals surface area contributed by atoms with Crippen molar-refractivity contribution < 1.29 is 4.74 Å². The molecule has 1 heterocycles. The van der Waals surface area contributed by atoms with Gasteiger partial charge in [0.1, 0.15) is 0 Å². The number of nitrogens with zero attached hydrogens (tertiary/aromatic N) is 2. The first-order valence-corrected chi connectivity index (χ1v) is 4.33. The quantitative estimate of drug-likeness (QED) is 0.707. The minimum atomic E-state index is 0.430. The molecule has 0 aliphatic rings. The van der Waals surface area contributed by atoms with Crippen molar-refractivity contribution in [2.75, 3.05) is 7.11 Å². The van der Waals surface area contributed by atoms with Crippen molar-refractivity contribution in [1.29, 1.82) is 0 Å². The third kappa shape index (κ3) is 2.15. The van der Waals surface area contributed by atoms with Crippen LogP contribution in [0.15, 0.2) is 6.07 Å². The number of aryl methyl sites for hydroxylation is 1. The highest BCUT2D eigenvalue weighted by atomic mass is 79.9. The Bertz CT molecular complexity index is 230. The average molecular weight is 217 g/mol. The van der Waals surface area contributed by atoms with Crippen molar-refractivity contribution in [3.8, 4) is 6.01 Å². The molecule has 4 heteroatoms. The monoisotopic (exact) mass is 216 g/mol. The first-order chi connectivity index (χ1) is 5.26. The smallest absolute Gasteiger partial charge is 0.316 e. The fourth-order valence-corrected chi connectivity index (χ4v) is 1.05. The van der Waals surface area contributed by atoms with E-state index in [0.717, 1.165) is 16.7 Å². The van der Waals surface area contributed by atoms with Gasteiger partial charge in [-0.2, -0.15) is 4.98 Å². The van der Waals surface area contributed by atoms with Crippen molar-refractivity contribution >= 4 is 15.9 Å². The SMILES string of the molecule is COc1nc(C)cc(CBr)n1. The Morgan fingerprint density at radius 3 is 2.82 bits per heavy atom. The maximum atomic E-state index is 4.89. The van der Waals surface area contributed by atoms with E-state index in [0.29, 0.717) is 6.01 Å². The van der Waals surface area contributed by atoms with Gasteiger partial charge < -0.3 is 4.74 Å². The van der Waals surface area contributed by atoms with E-state index in [4.69, 9.17) is 4.74 Å². The van der Waals surface area contributed by atoms with Crippen LogP contribution in [0.25, 0.3) is 0 Å². The molecule has 0 aliphatic heterocycles. The van der Waals surface area contributed by atoms with Crippen LogP contribution in [-0.4, -0.2) is 17.1 Å². The molecular formula is C7H9BrN2O. The van der Waals surface area contributed by atoms with Gasteiger partial charge in [0.05, 0.1) is 12.8 Å². The largest absolute Gasteiger partial charge is 0.467 e. The zero-order valence-electron chi connectivity index (χ0n) is 6.47. The zero-order chi connectivity index (χ0) is 8.27. The molecule has 0 spiro atoms. The van der Waals surface area contributed by atoms with Crippen molar-refractivity contribution in [3.05, 3.63) is 17.5 Å². The Kier molecular flexibility index (Phi) is 2.82. The van der Waals surface area contributed by atoms with E-state index in [1.54, 1.807) is 7.11 Å². The first kappa shape index (κ1) is 8.46. The molecule has 1 rings (SSSR count). The van der Waals surface area contributed by atoms with Gasteiger partial charge in [-0.05, 0) is 13.0 Å². The molecule has 0 fully saturated rings. The second-order valence-corrected chi connectivity index (χ2v) is 2.68. The molecular weight excluding hydrogens is 208 g/mol. The van der Waals surface area contributed by atoms with E-state index < -0.39 is 0 Å². The lowest BCUT2D eigenvalue weighted by Crippen LogP contribution is -1.96. The van der Waals surface area contributed by atoms with Crippen LogP contribution in [-0.2, 0) is 5.33 Å². The highest BCUT2D eigenvalue weighted by Gasteiger charge is 1.99. The summed E-state index contributed by atoms with van der Waals surface area (Å²) in [7, 11) is 1.56. The summed E-state index contributed by atoms with van der Waals surface area (Å²) < 4.78 is 4.89. The normalized spacial score (nSPS) is 9.73. The molecule has 0 amide bonds. The molecule has 0 unspecified atom stereocenters. The molecule has 0 saturated carbocycles. The van der Waals surface area contributed by atoms with Crippen LogP contribution in [0.2, 0.25) is 0 Å². The maximum absolute atomic E-state index is 4.89. The standard InChI is InChI=1S/C7H9BrN2O/c1-5-3-6(4-8)10-7(9-5)11-2/h3H,4H2,1-2H3. The van der Waals surface area contributed by atoms with Gasteiger partial charge in [-0.1, -0.05) is 15.9 Å². The number of rotatable bonds is 2. The van der Waals surface area contributed by atoms with Crippen LogP contribution in [0.5, 0.6) is 6.01 Å². The van der Waals surface area contributed by atoms with Gasteiger partial charge in [-0.25, -0.2) is 4.98 Å². The van der Waals surface area contributed by atoms with E-state index in [-0.39, 0.29) is 0 Å². The highest BCUT2D eigenvalue weighted by Crippen LogP contribution is 2.08. The molecule has 0 saturated heterocycles. The van der Waals surface area contributed by atoms with Crippen molar-refractivity contribution in [1.82, 2.24) is 9.97 Å². The lowest BCUT2D eigenvalue weighted by Gasteiger charge is -2.00. The summed E-state index contributed by atoms with van der Waals surface area (Å²) in [4.78, 5) is 8.14. The van der Waals surface area contributed by atoms with Crippen LogP contribution in [0.4, 0.5) is 0 Å². The van der Waals surface area contributed by atoms with E-state index >= 15 is 0 Å². The Morgan fingerprint density at radius 1 is 1.55 bits per heavy atom. The van der Waals surface area contributed by atoms with Crippen LogP contribution in [0.3, 0.4) is 0 Å². The van der Waals surface area contributed by atoms with Crippen LogP contribution >= 0.6 is 15.9 Å². The summed E-state index contributed by atoms with van der Waals surface area (Å²) in [5.41, 5.74) is 1.86. The molecule has 3 nitrogen and oxygen atoms in total. The predicted octanol–water partition coefficient (Wildman–Crippen LogP) is 1.69. The Balaban J connectivity index is 3.02. The van der Waals surface area contributed by atoms with E-state index in [2.05, 4.69) is 25.9 Å². The van der Waals surface area contributed by atoms with Gasteiger partial charge >= 0.3 is 6.01 Å². The molecule has 1 aromatic rings. The van der Waals surface area contributed by atoms with E-state index in [1.165, 1.54) is 0 Å². The first-order valence-electron chi connectivity index (χ1n) is 3.20. The zero-order valence-corrected chi connectivity index (χ0v) is 8.05. The van der Waals surface area contributed by atoms with E-state index in [1.807, 2.05) is 13.0 Å². The van der Waals surface area contributed by atoms with Crippen LogP contribution in [0, 0.1) is 6.92 Å². The number of hydrogen-bond donors (Lipinski definition) is 0. The lowest BCUT2D eigenvalue weighted by atomic mass is 10.4.